The Bertz CT molecular complexity index is 518. The van der Waals surface area contributed by atoms with Gasteiger partial charge < -0.3 is 14.2 Å². The van der Waals surface area contributed by atoms with Crippen LogP contribution in [0.4, 0.5) is 0 Å². The minimum atomic E-state index is -0.906. The molecule has 0 heterocycles. The first-order valence-corrected chi connectivity index (χ1v) is 7.73. The van der Waals surface area contributed by atoms with Crippen LogP contribution in [0.2, 0.25) is 0 Å². The van der Waals surface area contributed by atoms with E-state index in [1.54, 1.807) is 27.0 Å². The van der Waals surface area contributed by atoms with Gasteiger partial charge in [-0.3, -0.25) is 9.59 Å². The van der Waals surface area contributed by atoms with Crippen molar-refractivity contribution in [1.82, 2.24) is 0 Å². The van der Waals surface area contributed by atoms with Gasteiger partial charge in [-0.25, -0.2) is 0 Å². The second-order valence-corrected chi connectivity index (χ2v) is 4.82. The van der Waals surface area contributed by atoms with E-state index in [0.29, 0.717) is 6.42 Å². The van der Waals surface area contributed by atoms with E-state index < -0.39 is 17.9 Å². The van der Waals surface area contributed by atoms with Gasteiger partial charge in [-0.1, -0.05) is 24.3 Å². The summed E-state index contributed by atoms with van der Waals surface area (Å²) in [5, 5.41) is 0. The highest BCUT2D eigenvalue weighted by atomic mass is 16.6. The third kappa shape index (κ3) is 6.55. The van der Waals surface area contributed by atoms with Crippen molar-refractivity contribution in [3.8, 4) is 5.75 Å². The van der Waals surface area contributed by atoms with Crippen molar-refractivity contribution in [2.24, 2.45) is 5.92 Å². The van der Waals surface area contributed by atoms with Gasteiger partial charge in [0.2, 0.25) is 0 Å². The molecule has 1 aromatic rings. The monoisotopic (exact) mass is 320 g/mol. The second-order valence-electron chi connectivity index (χ2n) is 4.82. The molecular weight excluding hydrogens is 296 g/mol. The van der Waals surface area contributed by atoms with Crippen molar-refractivity contribution in [2.75, 3.05) is 20.3 Å². The molecule has 0 saturated heterocycles. The van der Waals surface area contributed by atoms with Gasteiger partial charge in [0.25, 0.3) is 0 Å². The zero-order valence-corrected chi connectivity index (χ0v) is 13.9. The Morgan fingerprint density at radius 3 is 2.30 bits per heavy atom. The van der Waals surface area contributed by atoms with Gasteiger partial charge in [0.15, 0.2) is 5.92 Å². The number of hydrogen-bond acceptors (Lipinski definition) is 5. The molecular formula is C18H24O5. The number of hydrogen-bond donors (Lipinski definition) is 0. The van der Waals surface area contributed by atoms with E-state index >= 15 is 0 Å². The Hall–Kier alpha value is -2.30. The lowest BCUT2D eigenvalue weighted by Gasteiger charge is -2.12. The molecule has 0 atom stereocenters. The molecule has 126 valence electrons. The lowest BCUT2D eigenvalue weighted by molar-refractivity contribution is -0.161. The van der Waals surface area contributed by atoms with E-state index in [-0.39, 0.29) is 19.6 Å². The Kier molecular flexibility index (Phi) is 8.50. The molecule has 0 amide bonds. The fourth-order valence-electron chi connectivity index (χ4n) is 2.03. The van der Waals surface area contributed by atoms with Gasteiger partial charge >= 0.3 is 11.9 Å². The summed E-state index contributed by atoms with van der Waals surface area (Å²) in [4.78, 5) is 23.7. The van der Waals surface area contributed by atoms with Crippen LogP contribution in [0.1, 0.15) is 25.8 Å². The first-order chi connectivity index (χ1) is 11.1. The van der Waals surface area contributed by atoms with Gasteiger partial charge in [0, 0.05) is 0 Å². The highest BCUT2D eigenvalue weighted by molar-refractivity contribution is 5.95. The van der Waals surface area contributed by atoms with Crippen LogP contribution in [-0.2, 0) is 25.5 Å². The molecule has 0 radical (unpaired) electrons. The minimum absolute atomic E-state index is 0.238. The van der Waals surface area contributed by atoms with Crippen molar-refractivity contribution in [3.63, 3.8) is 0 Å². The summed E-state index contributed by atoms with van der Waals surface area (Å²) in [6, 6.07) is 7.73. The molecule has 1 aromatic carbocycles. The number of allylic oxidation sites excluding steroid dienone is 2. The molecule has 5 nitrogen and oxygen atoms in total. The quantitative estimate of drug-likeness (QED) is 0.398. The van der Waals surface area contributed by atoms with Crippen LogP contribution >= 0.6 is 0 Å². The maximum atomic E-state index is 11.8. The Morgan fingerprint density at radius 1 is 1.09 bits per heavy atom. The van der Waals surface area contributed by atoms with Gasteiger partial charge in [-0.15, -0.1) is 0 Å². The molecule has 0 N–H and O–H groups in total. The predicted molar refractivity (Wildman–Crippen MR) is 87.2 cm³/mol. The number of ether oxygens (including phenoxy) is 3. The van der Waals surface area contributed by atoms with E-state index in [9.17, 15) is 9.59 Å². The van der Waals surface area contributed by atoms with E-state index in [1.165, 1.54) is 0 Å². The summed E-state index contributed by atoms with van der Waals surface area (Å²) in [7, 11) is 1.62. The van der Waals surface area contributed by atoms with Gasteiger partial charge in [0.1, 0.15) is 5.75 Å². The van der Waals surface area contributed by atoms with Crippen molar-refractivity contribution >= 4 is 11.9 Å². The molecule has 0 bridgehead atoms. The minimum Gasteiger partial charge on any atom is -0.497 e. The van der Waals surface area contributed by atoms with E-state index in [4.69, 9.17) is 14.2 Å². The summed E-state index contributed by atoms with van der Waals surface area (Å²) in [6.07, 6.45) is 4.68. The highest BCUT2D eigenvalue weighted by Gasteiger charge is 2.28. The van der Waals surface area contributed by atoms with E-state index in [1.807, 2.05) is 30.3 Å². The molecule has 5 heteroatoms. The maximum absolute atomic E-state index is 11.8. The summed E-state index contributed by atoms with van der Waals surface area (Å²) in [5.41, 5.74) is 1.09. The summed E-state index contributed by atoms with van der Waals surface area (Å²) >= 11 is 0. The average molecular weight is 320 g/mol. The molecule has 0 aromatic heterocycles. The number of carbonyl (C=O) groups is 2. The normalized spacial score (nSPS) is 10.8. The molecule has 0 aliphatic rings. The van der Waals surface area contributed by atoms with Crippen LogP contribution in [0, 0.1) is 5.92 Å². The Morgan fingerprint density at radius 2 is 1.74 bits per heavy atom. The number of benzene rings is 1. The lowest BCUT2D eigenvalue weighted by Crippen LogP contribution is -2.27. The SMILES string of the molecule is CCOC(=O)C(C/C=C/Cc1cccc(OC)c1)C(=O)OCC. The second kappa shape index (κ2) is 10.4. The van der Waals surface area contributed by atoms with Gasteiger partial charge in [-0.2, -0.15) is 0 Å². The summed E-state index contributed by atoms with van der Waals surface area (Å²) < 4.78 is 15.0. The fourth-order valence-corrected chi connectivity index (χ4v) is 2.03. The molecule has 0 spiro atoms. The largest absolute Gasteiger partial charge is 0.497 e. The molecule has 0 saturated carbocycles. The van der Waals surface area contributed by atoms with Crippen molar-refractivity contribution < 1.29 is 23.8 Å². The molecule has 23 heavy (non-hydrogen) atoms. The summed E-state index contributed by atoms with van der Waals surface area (Å²) in [5.74, 6) is -1.20. The highest BCUT2D eigenvalue weighted by Crippen LogP contribution is 2.14. The molecule has 0 aliphatic carbocycles. The van der Waals surface area contributed by atoms with Crippen LogP contribution < -0.4 is 4.74 Å². The topological polar surface area (TPSA) is 61.8 Å². The fraction of sp³-hybridized carbons (Fsp3) is 0.444. The molecule has 0 aliphatic heterocycles. The number of rotatable bonds is 9. The van der Waals surface area contributed by atoms with Crippen LogP contribution in [0.15, 0.2) is 36.4 Å². The molecule has 1 rings (SSSR count). The molecule has 0 unspecified atom stereocenters. The van der Waals surface area contributed by atoms with Crippen LogP contribution in [-0.4, -0.2) is 32.3 Å². The van der Waals surface area contributed by atoms with Gasteiger partial charge in [0.05, 0.1) is 20.3 Å². The third-order valence-corrected chi connectivity index (χ3v) is 3.17. The van der Waals surface area contributed by atoms with Crippen molar-refractivity contribution in [1.29, 1.82) is 0 Å². The maximum Gasteiger partial charge on any atom is 0.320 e. The molecule has 0 fully saturated rings. The van der Waals surface area contributed by atoms with E-state index in [2.05, 4.69) is 0 Å². The third-order valence-electron chi connectivity index (χ3n) is 3.17. The number of esters is 2. The van der Waals surface area contributed by atoms with Crippen molar-refractivity contribution in [2.45, 2.75) is 26.7 Å². The predicted octanol–water partition coefficient (Wildman–Crippen LogP) is 2.93. The first kappa shape index (κ1) is 18.7. The zero-order valence-electron chi connectivity index (χ0n) is 13.9. The smallest absolute Gasteiger partial charge is 0.320 e. The van der Waals surface area contributed by atoms with Crippen LogP contribution in [0.25, 0.3) is 0 Å². The van der Waals surface area contributed by atoms with Crippen LogP contribution in [0.5, 0.6) is 5.75 Å². The first-order valence-electron chi connectivity index (χ1n) is 7.73. The van der Waals surface area contributed by atoms with Gasteiger partial charge in [-0.05, 0) is 44.4 Å². The number of methoxy groups -OCH3 is 1. The van der Waals surface area contributed by atoms with E-state index in [0.717, 1.165) is 11.3 Å². The van der Waals surface area contributed by atoms with Crippen LogP contribution in [0.3, 0.4) is 0 Å². The zero-order chi connectivity index (χ0) is 17.1. The lowest BCUT2D eigenvalue weighted by atomic mass is 10.0. The van der Waals surface area contributed by atoms with Crippen molar-refractivity contribution in [3.05, 3.63) is 42.0 Å². The standard InChI is InChI=1S/C18H24O5/c1-4-22-17(19)16(18(20)23-5-2)12-7-6-9-14-10-8-11-15(13-14)21-3/h6-8,10-11,13,16H,4-5,9,12H2,1-3H3/b7-6+. The average Bonchev–Trinajstić information content (AvgIpc) is 2.55. The Balaban J connectivity index is 2.61. The Labute approximate surface area is 137 Å². The summed E-state index contributed by atoms with van der Waals surface area (Å²) in [6.45, 7) is 3.89. The number of carbonyl (C=O) groups excluding carboxylic acids is 2.